The lowest BCUT2D eigenvalue weighted by molar-refractivity contribution is -0.145. The molecule has 0 spiro atoms. The Balaban J connectivity index is 2.62. The zero-order valence-electron chi connectivity index (χ0n) is 9.90. The van der Waals surface area contributed by atoms with Crippen molar-refractivity contribution in [1.29, 1.82) is 0 Å². The van der Waals surface area contributed by atoms with Gasteiger partial charge in [-0.15, -0.1) is 11.3 Å². The summed E-state index contributed by atoms with van der Waals surface area (Å²) in [4.78, 5) is 25.4. The number of carbonyl (C=O) groups is 2. The van der Waals surface area contributed by atoms with Crippen LogP contribution in [0.1, 0.15) is 16.6 Å². The SMILES string of the molecule is COC(=O)C(C)CN(C)C(=O)c1ccc(Br)s1. The van der Waals surface area contributed by atoms with Gasteiger partial charge in [0.1, 0.15) is 0 Å². The molecule has 0 saturated carbocycles. The first-order chi connectivity index (χ1) is 7.95. The molecule has 6 heteroatoms. The van der Waals surface area contributed by atoms with Crippen LogP contribution in [0.4, 0.5) is 0 Å². The molecule has 0 aliphatic heterocycles. The van der Waals surface area contributed by atoms with E-state index in [2.05, 4.69) is 20.7 Å². The third-order valence-electron chi connectivity index (χ3n) is 2.28. The van der Waals surface area contributed by atoms with Gasteiger partial charge >= 0.3 is 5.97 Å². The fraction of sp³-hybridized carbons (Fsp3) is 0.455. The summed E-state index contributed by atoms with van der Waals surface area (Å²) in [6.45, 7) is 2.08. The maximum absolute atomic E-state index is 12.0. The van der Waals surface area contributed by atoms with Crippen LogP contribution < -0.4 is 0 Å². The highest BCUT2D eigenvalue weighted by Gasteiger charge is 2.20. The number of thiophene rings is 1. The van der Waals surface area contributed by atoms with Crippen LogP contribution in [0.25, 0.3) is 0 Å². The second kappa shape index (κ2) is 6.16. The quantitative estimate of drug-likeness (QED) is 0.800. The summed E-state index contributed by atoms with van der Waals surface area (Å²) in [5.41, 5.74) is 0. The Bertz CT molecular complexity index is 419. The van der Waals surface area contributed by atoms with Gasteiger partial charge in [-0.2, -0.15) is 0 Å². The van der Waals surface area contributed by atoms with Gasteiger partial charge in [0, 0.05) is 13.6 Å². The van der Waals surface area contributed by atoms with Gasteiger partial charge in [-0.25, -0.2) is 0 Å². The third kappa shape index (κ3) is 3.81. The third-order valence-corrected chi connectivity index (χ3v) is 3.89. The van der Waals surface area contributed by atoms with Crippen molar-refractivity contribution >= 4 is 39.1 Å². The molecule has 0 radical (unpaired) electrons. The Hall–Kier alpha value is -0.880. The number of esters is 1. The number of halogens is 1. The average molecular weight is 320 g/mol. The van der Waals surface area contributed by atoms with Gasteiger partial charge in [0.2, 0.25) is 0 Å². The monoisotopic (exact) mass is 319 g/mol. The maximum Gasteiger partial charge on any atom is 0.310 e. The van der Waals surface area contributed by atoms with Crippen LogP contribution in [0.3, 0.4) is 0 Å². The summed E-state index contributed by atoms with van der Waals surface area (Å²) >= 11 is 4.68. The number of ether oxygens (including phenoxy) is 1. The molecule has 17 heavy (non-hydrogen) atoms. The van der Waals surface area contributed by atoms with Gasteiger partial charge in [0.25, 0.3) is 5.91 Å². The topological polar surface area (TPSA) is 46.6 Å². The number of carbonyl (C=O) groups excluding carboxylic acids is 2. The highest BCUT2D eigenvalue weighted by atomic mass is 79.9. The highest BCUT2D eigenvalue weighted by Crippen LogP contribution is 2.23. The molecule has 0 saturated heterocycles. The van der Waals surface area contributed by atoms with Crippen molar-refractivity contribution in [3.63, 3.8) is 0 Å². The lowest BCUT2D eigenvalue weighted by atomic mass is 10.2. The zero-order chi connectivity index (χ0) is 13.0. The first-order valence-electron chi connectivity index (χ1n) is 5.04. The van der Waals surface area contributed by atoms with Crippen LogP contribution in [-0.4, -0.2) is 37.5 Å². The van der Waals surface area contributed by atoms with Crippen LogP contribution >= 0.6 is 27.3 Å². The fourth-order valence-corrected chi connectivity index (χ4v) is 2.77. The second-order valence-electron chi connectivity index (χ2n) is 3.71. The molecular formula is C11H14BrNO3S. The predicted octanol–water partition coefficient (Wildman–Crippen LogP) is 2.39. The van der Waals surface area contributed by atoms with E-state index in [9.17, 15) is 9.59 Å². The lowest BCUT2D eigenvalue weighted by Crippen LogP contribution is -2.33. The Kier molecular flexibility index (Phi) is 5.14. The Morgan fingerprint density at radius 2 is 2.18 bits per heavy atom. The number of rotatable bonds is 4. The van der Waals surface area contributed by atoms with E-state index in [1.54, 1.807) is 20.0 Å². The van der Waals surface area contributed by atoms with Gasteiger partial charge in [0.05, 0.1) is 21.7 Å². The van der Waals surface area contributed by atoms with E-state index in [-0.39, 0.29) is 17.8 Å². The number of hydrogen-bond donors (Lipinski definition) is 0. The lowest BCUT2D eigenvalue weighted by Gasteiger charge is -2.19. The Morgan fingerprint density at radius 1 is 1.53 bits per heavy atom. The summed E-state index contributed by atoms with van der Waals surface area (Å²) in [5, 5.41) is 0. The first-order valence-corrected chi connectivity index (χ1v) is 6.65. The Morgan fingerprint density at radius 3 is 2.65 bits per heavy atom. The van der Waals surface area contributed by atoms with Crippen LogP contribution in [0.5, 0.6) is 0 Å². The van der Waals surface area contributed by atoms with E-state index >= 15 is 0 Å². The summed E-state index contributed by atoms with van der Waals surface area (Å²) in [6, 6.07) is 3.59. The highest BCUT2D eigenvalue weighted by molar-refractivity contribution is 9.11. The summed E-state index contributed by atoms with van der Waals surface area (Å²) in [7, 11) is 3.02. The first kappa shape index (κ1) is 14.2. The molecule has 0 fully saturated rings. The Labute approximate surface area is 113 Å². The van der Waals surface area contributed by atoms with Gasteiger partial charge in [-0.1, -0.05) is 6.92 Å². The molecule has 1 atom stereocenters. The van der Waals surface area contributed by atoms with Crippen molar-refractivity contribution < 1.29 is 14.3 Å². The molecule has 1 aromatic rings. The van der Waals surface area contributed by atoms with E-state index in [1.165, 1.54) is 23.3 Å². The molecule has 1 unspecified atom stereocenters. The fourth-order valence-electron chi connectivity index (χ4n) is 1.39. The van der Waals surface area contributed by atoms with Crippen molar-refractivity contribution in [3.05, 3.63) is 20.8 Å². The second-order valence-corrected chi connectivity index (χ2v) is 6.18. The predicted molar refractivity (Wildman–Crippen MR) is 70.2 cm³/mol. The largest absolute Gasteiger partial charge is 0.469 e. The maximum atomic E-state index is 12.0. The molecule has 1 amide bonds. The van der Waals surface area contributed by atoms with E-state index in [1.807, 2.05) is 6.07 Å². The number of methoxy groups -OCH3 is 1. The molecule has 0 aliphatic rings. The molecule has 94 valence electrons. The minimum atomic E-state index is -0.322. The van der Waals surface area contributed by atoms with Crippen molar-refractivity contribution in [2.45, 2.75) is 6.92 Å². The number of nitrogens with zero attached hydrogens (tertiary/aromatic N) is 1. The molecule has 0 N–H and O–H groups in total. The molecular weight excluding hydrogens is 306 g/mol. The molecule has 0 aliphatic carbocycles. The average Bonchev–Trinajstić information content (AvgIpc) is 2.73. The minimum Gasteiger partial charge on any atom is -0.469 e. The summed E-state index contributed by atoms with van der Waals surface area (Å²) < 4.78 is 5.53. The van der Waals surface area contributed by atoms with Crippen LogP contribution in [0.15, 0.2) is 15.9 Å². The standard InChI is InChI=1S/C11H14BrNO3S/c1-7(11(15)16-3)6-13(2)10(14)8-4-5-9(12)17-8/h4-5,7H,6H2,1-3H3. The van der Waals surface area contributed by atoms with E-state index in [0.717, 1.165) is 3.79 Å². The summed E-state index contributed by atoms with van der Waals surface area (Å²) in [6.07, 6.45) is 0. The minimum absolute atomic E-state index is 0.0866. The van der Waals surface area contributed by atoms with Crippen molar-refractivity contribution in [1.82, 2.24) is 4.90 Å². The number of hydrogen-bond acceptors (Lipinski definition) is 4. The van der Waals surface area contributed by atoms with Crippen LogP contribution in [0, 0.1) is 5.92 Å². The van der Waals surface area contributed by atoms with E-state index in [4.69, 9.17) is 0 Å². The number of amides is 1. The molecule has 4 nitrogen and oxygen atoms in total. The van der Waals surface area contributed by atoms with Gasteiger partial charge in [0.15, 0.2) is 0 Å². The van der Waals surface area contributed by atoms with E-state index < -0.39 is 0 Å². The van der Waals surface area contributed by atoms with Crippen molar-refractivity contribution in [2.24, 2.45) is 5.92 Å². The van der Waals surface area contributed by atoms with E-state index in [0.29, 0.717) is 11.4 Å². The normalized spacial score (nSPS) is 12.0. The molecule has 0 bridgehead atoms. The smallest absolute Gasteiger partial charge is 0.310 e. The molecule has 1 rings (SSSR count). The summed E-state index contributed by atoms with van der Waals surface area (Å²) in [5.74, 6) is -0.717. The van der Waals surface area contributed by atoms with Gasteiger partial charge in [-0.3, -0.25) is 9.59 Å². The van der Waals surface area contributed by atoms with Gasteiger partial charge in [-0.05, 0) is 28.1 Å². The van der Waals surface area contributed by atoms with Crippen molar-refractivity contribution in [3.8, 4) is 0 Å². The van der Waals surface area contributed by atoms with Crippen LogP contribution in [0.2, 0.25) is 0 Å². The van der Waals surface area contributed by atoms with Crippen LogP contribution in [-0.2, 0) is 9.53 Å². The molecule has 1 heterocycles. The molecule has 0 aromatic carbocycles. The van der Waals surface area contributed by atoms with Crippen molar-refractivity contribution in [2.75, 3.05) is 20.7 Å². The zero-order valence-corrected chi connectivity index (χ0v) is 12.3. The molecule has 1 aromatic heterocycles. The van der Waals surface area contributed by atoms with Gasteiger partial charge < -0.3 is 9.64 Å².